The fourth-order valence-corrected chi connectivity index (χ4v) is 6.05. The molecule has 3 aliphatic rings. The van der Waals surface area contributed by atoms with E-state index in [1.54, 1.807) is 0 Å². The fraction of sp³-hybridized carbons (Fsp3) is 0.500. The predicted octanol–water partition coefficient (Wildman–Crippen LogP) is 3.09. The van der Waals surface area contributed by atoms with Gasteiger partial charge < -0.3 is 10.4 Å². The number of aliphatic hydroxyl groups excluding tert-OH is 1. The first-order valence-electron chi connectivity index (χ1n) is 10.3. The van der Waals surface area contributed by atoms with E-state index in [1.807, 2.05) is 6.07 Å². The number of halogens is 1. The summed E-state index contributed by atoms with van der Waals surface area (Å²) in [5, 5.41) is 23.0. The summed E-state index contributed by atoms with van der Waals surface area (Å²) in [6.07, 6.45) is 4.25. The van der Waals surface area contributed by atoms with Gasteiger partial charge in [0.1, 0.15) is 21.0 Å². The lowest BCUT2D eigenvalue weighted by Gasteiger charge is -2.19. The first kappa shape index (κ1) is 19.7. The number of aliphatic hydroxyl groups is 1. The minimum absolute atomic E-state index is 0.0243. The van der Waals surface area contributed by atoms with E-state index >= 15 is 0 Å². The molecule has 4 N–H and O–H groups in total. The number of fused-ring (bicyclic) bond motifs is 3. The van der Waals surface area contributed by atoms with Gasteiger partial charge in [-0.1, -0.05) is 6.07 Å². The molecule has 0 spiro atoms. The maximum absolute atomic E-state index is 14.4. The number of nitrogens with one attached hydrogen (secondary N) is 1. The van der Waals surface area contributed by atoms with E-state index in [4.69, 9.17) is 5.14 Å². The second kappa shape index (κ2) is 7.14. The Hall–Kier alpha value is -2.30. The molecular weight excluding hydrogens is 409 g/mol. The second-order valence-electron chi connectivity index (χ2n) is 8.18. The van der Waals surface area contributed by atoms with E-state index in [9.17, 15) is 18.5 Å². The topological polar surface area (TPSA) is 123 Å². The highest BCUT2D eigenvalue weighted by Gasteiger charge is 2.31. The summed E-state index contributed by atoms with van der Waals surface area (Å²) in [6, 6.07) is 1.20. The van der Waals surface area contributed by atoms with E-state index in [0.29, 0.717) is 37.9 Å². The van der Waals surface area contributed by atoms with Crippen LogP contribution in [0.1, 0.15) is 65.9 Å². The molecule has 0 bridgehead atoms. The quantitative estimate of drug-likeness (QED) is 0.673. The van der Waals surface area contributed by atoms with Gasteiger partial charge in [-0.2, -0.15) is 5.10 Å². The van der Waals surface area contributed by atoms with Crippen LogP contribution in [-0.4, -0.2) is 25.1 Å². The van der Waals surface area contributed by atoms with Crippen molar-refractivity contribution in [1.82, 2.24) is 9.78 Å². The maximum Gasteiger partial charge on any atom is 0.354 e. The van der Waals surface area contributed by atoms with Crippen LogP contribution in [-0.2, 0) is 35.7 Å². The van der Waals surface area contributed by atoms with Crippen LogP contribution in [0, 0.1) is 0 Å². The van der Waals surface area contributed by atoms with Crippen LogP contribution in [0.15, 0.2) is 21.5 Å². The van der Waals surface area contributed by atoms with Crippen LogP contribution in [0.4, 0.5) is 14.9 Å². The summed E-state index contributed by atoms with van der Waals surface area (Å²) in [5.74, 6) is 0. The molecule has 2 aliphatic carbocycles. The maximum atomic E-state index is 14.4. The fourth-order valence-electron chi connectivity index (χ4n) is 4.92. The Morgan fingerprint density at radius 2 is 2.13 bits per heavy atom. The molecule has 10 heteroatoms. The molecule has 3 unspecified atom stereocenters. The molecule has 1 aliphatic heterocycles. The second-order valence-corrected chi connectivity index (χ2v) is 9.94. The Balaban J connectivity index is 1.50. The van der Waals surface area contributed by atoms with Gasteiger partial charge in [0.15, 0.2) is 0 Å². The lowest BCUT2D eigenvalue weighted by molar-refractivity contribution is 0.180. The summed E-state index contributed by atoms with van der Waals surface area (Å²) in [4.78, 5) is 12.7. The molecule has 1 aromatic heterocycles. The van der Waals surface area contributed by atoms with Gasteiger partial charge in [-0.15, -0.1) is 4.36 Å². The molecule has 160 valence electrons. The van der Waals surface area contributed by atoms with Gasteiger partial charge in [-0.25, -0.2) is 18.5 Å². The Kier molecular flexibility index (Phi) is 4.68. The van der Waals surface area contributed by atoms with Crippen molar-refractivity contribution < 1.29 is 18.5 Å². The van der Waals surface area contributed by atoms with Crippen LogP contribution in [0.3, 0.4) is 0 Å². The monoisotopic (exact) mass is 433 g/mol. The molecule has 2 aromatic rings. The first-order valence-corrected chi connectivity index (χ1v) is 11.8. The summed E-state index contributed by atoms with van der Waals surface area (Å²) >= 11 is 0. The first-order chi connectivity index (χ1) is 14.3. The molecule has 0 fully saturated rings. The van der Waals surface area contributed by atoms with Crippen molar-refractivity contribution in [2.75, 3.05) is 5.32 Å². The van der Waals surface area contributed by atoms with Gasteiger partial charge in [-0.05, 0) is 67.2 Å². The number of carbonyl (C=O) groups is 1. The highest BCUT2D eigenvalue weighted by molar-refractivity contribution is 7.91. The van der Waals surface area contributed by atoms with Gasteiger partial charge in [-0.3, -0.25) is 4.68 Å². The van der Waals surface area contributed by atoms with Gasteiger partial charge >= 0.3 is 6.03 Å². The Morgan fingerprint density at radius 3 is 2.97 bits per heavy atom. The molecule has 0 saturated carbocycles. The van der Waals surface area contributed by atoms with Crippen molar-refractivity contribution >= 4 is 21.6 Å². The van der Waals surface area contributed by atoms with E-state index in [2.05, 4.69) is 14.8 Å². The van der Waals surface area contributed by atoms with Crippen LogP contribution < -0.4 is 10.5 Å². The van der Waals surface area contributed by atoms with Crippen molar-refractivity contribution in [1.29, 1.82) is 0 Å². The van der Waals surface area contributed by atoms with Crippen LogP contribution in [0.25, 0.3) is 0 Å². The summed E-state index contributed by atoms with van der Waals surface area (Å²) in [7, 11) is -3.66. The number of benzene rings is 1. The average Bonchev–Trinajstić information content (AvgIpc) is 3.40. The summed E-state index contributed by atoms with van der Waals surface area (Å²) in [6.45, 7) is 0.516. The molecule has 1 aromatic carbocycles. The van der Waals surface area contributed by atoms with E-state index in [-0.39, 0.29) is 10.6 Å². The number of nitrogens with two attached hydrogens (primary N) is 1. The summed E-state index contributed by atoms with van der Waals surface area (Å²) in [5.41, 5.74) is 4.70. The number of amides is 2. The number of anilines is 1. The number of alkyl halides is 1. The highest BCUT2D eigenvalue weighted by Crippen LogP contribution is 2.42. The average molecular weight is 434 g/mol. The SMILES string of the molecule is NS(=O)(=NC(=O)Nc1c2c(cc3c1CCC3O)CCC2)c1cnn2c1C(F)CCC2. The van der Waals surface area contributed by atoms with Crippen LogP contribution in [0.2, 0.25) is 0 Å². The Morgan fingerprint density at radius 1 is 1.30 bits per heavy atom. The number of hydrogen-bond acceptors (Lipinski definition) is 4. The minimum atomic E-state index is -3.66. The van der Waals surface area contributed by atoms with Gasteiger partial charge in [0.05, 0.1) is 18.0 Å². The molecule has 0 saturated heterocycles. The number of rotatable bonds is 2. The van der Waals surface area contributed by atoms with Gasteiger partial charge in [0.2, 0.25) is 0 Å². The van der Waals surface area contributed by atoms with Crippen molar-refractivity contribution in [2.45, 2.75) is 68.7 Å². The number of aromatic nitrogens is 2. The van der Waals surface area contributed by atoms with Gasteiger partial charge in [0.25, 0.3) is 0 Å². The number of aryl methyl sites for hydroxylation is 2. The third-order valence-electron chi connectivity index (χ3n) is 6.30. The van der Waals surface area contributed by atoms with E-state index in [1.165, 1.54) is 10.9 Å². The van der Waals surface area contributed by atoms with E-state index in [0.717, 1.165) is 41.5 Å². The lowest BCUT2D eigenvalue weighted by Crippen LogP contribution is -2.22. The highest BCUT2D eigenvalue weighted by atomic mass is 32.2. The number of nitrogens with zero attached hydrogens (tertiary/aromatic N) is 3. The molecule has 0 radical (unpaired) electrons. The standard InChI is InChI=1S/C20H24FN5O3S/c21-15-5-2-8-26-19(15)17(10-23-26)30(22,29)25-20(28)24-18-12-4-1-3-11(12)9-14-13(18)6-7-16(14)27/h9-10,15-16,27H,1-8H2,(H3,22,24,25,28,29). The largest absolute Gasteiger partial charge is 0.388 e. The third-order valence-corrected chi connectivity index (χ3v) is 7.69. The van der Waals surface area contributed by atoms with Crippen molar-refractivity contribution in [3.63, 3.8) is 0 Å². The molecule has 3 atom stereocenters. The smallest absolute Gasteiger partial charge is 0.354 e. The Bertz CT molecular complexity index is 1170. The zero-order valence-electron chi connectivity index (χ0n) is 16.4. The zero-order valence-corrected chi connectivity index (χ0v) is 17.3. The predicted molar refractivity (Wildman–Crippen MR) is 109 cm³/mol. The van der Waals surface area contributed by atoms with Crippen molar-refractivity contribution in [3.8, 4) is 0 Å². The van der Waals surface area contributed by atoms with Crippen molar-refractivity contribution in [2.24, 2.45) is 9.50 Å². The molecule has 2 heterocycles. The molecular formula is C20H24FN5O3S. The molecule has 30 heavy (non-hydrogen) atoms. The molecule has 5 rings (SSSR count). The van der Waals surface area contributed by atoms with Crippen molar-refractivity contribution in [3.05, 3.63) is 40.2 Å². The zero-order chi connectivity index (χ0) is 21.0. The number of urea groups is 1. The van der Waals surface area contributed by atoms with Crippen LogP contribution >= 0.6 is 0 Å². The minimum Gasteiger partial charge on any atom is -0.388 e. The van der Waals surface area contributed by atoms with Crippen LogP contribution in [0.5, 0.6) is 0 Å². The lowest BCUT2D eigenvalue weighted by atomic mass is 9.98. The third kappa shape index (κ3) is 3.14. The summed E-state index contributed by atoms with van der Waals surface area (Å²) < 4.78 is 32.7. The normalized spacial score (nSPS) is 24.0. The van der Waals surface area contributed by atoms with Gasteiger partial charge in [0, 0.05) is 12.2 Å². The molecule has 2 amide bonds. The molecule has 8 nitrogen and oxygen atoms in total. The number of hydrogen-bond donors (Lipinski definition) is 3. The number of carbonyl (C=O) groups excluding carboxylic acids is 1. The Labute approximate surface area is 174 Å². The van der Waals surface area contributed by atoms with E-state index < -0.39 is 28.2 Å².